The lowest BCUT2D eigenvalue weighted by Crippen LogP contribution is -2.43. The van der Waals surface area contributed by atoms with Crippen LogP contribution >= 0.6 is 11.3 Å². The number of likely N-dealkylation sites (tertiary alicyclic amines) is 1. The number of hydrogen-bond donors (Lipinski definition) is 1. The summed E-state index contributed by atoms with van der Waals surface area (Å²) in [5, 5.41) is 6.01. The van der Waals surface area contributed by atoms with E-state index in [0.29, 0.717) is 23.7 Å². The maximum Gasteiger partial charge on any atom is 0.290 e. The van der Waals surface area contributed by atoms with Gasteiger partial charge in [-0.15, -0.1) is 11.3 Å². The molecule has 4 rings (SSSR count). The monoisotopic (exact) mass is 355 g/mol. The van der Waals surface area contributed by atoms with Gasteiger partial charge in [0.25, 0.3) is 5.91 Å². The highest BCUT2D eigenvalue weighted by molar-refractivity contribution is 7.13. The van der Waals surface area contributed by atoms with Gasteiger partial charge in [0.1, 0.15) is 11.6 Å². The highest BCUT2D eigenvalue weighted by Crippen LogP contribution is 2.26. The molecule has 1 N–H and O–H groups in total. The first kappa shape index (κ1) is 15.8. The minimum Gasteiger partial charge on any atom is -0.451 e. The zero-order valence-electron chi connectivity index (χ0n) is 13.7. The summed E-state index contributed by atoms with van der Waals surface area (Å²) in [5.74, 6) is -0.173. The van der Waals surface area contributed by atoms with E-state index in [1.54, 1.807) is 22.5 Å². The van der Waals surface area contributed by atoms with E-state index in [0.717, 1.165) is 17.4 Å². The maximum atomic E-state index is 12.9. The molecule has 1 aliphatic heterocycles. The number of carbonyl (C=O) groups is 2. The van der Waals surface area contributed by atoms with Crippen LogP contribution in [0.1, 0.15) is 29.0 Å². The number of fused-ring (bicyclic) bond motifs is 1. The van der Waals surface area contributed by atoms with Gasteiger partial charge in [-0.3, -0.25) is 9.59 Å². The molecule has 0 saturated carbocycles. The highest BCUT2D eigenvalue weighted by Gasteiger charge is 2.36. The van der Waals surface area contributed by atoms with Crippen LogP contribution in [0.4, 0.5) is 5.13 Å². The molecule has 1 fully saturated rings. The quantitative estimate of drug-likeness (QED) is 0.781. The van der Waals surface area contributed by atoms with Crippen LogP contribution in [0, 0.1) is 6.92 Å². The standard InChI is InChI=1S/C18H17N3O3S/c1-11-4-5-14-12(9-11)10-15(24-14)17(23)21-7-2-3-13(21)16(22)20-18-19-6-8-25-18/h4-6,8-10,13H,2-3,7H2,1H3,(H,19,20,22). The van der Waals surface area contributed by atoms with Crippen molar-refractivity contribution in [2.75, 3.05) is 11.9 Å². The van der Waals surface area contributed by atoms with Crippen LogP contribution in [0.15, 0.2) is 40.3 Å². The number of amides is 2. The molecule has 0 bridgehead atoms. The highest BCUT2D eigenvalue weighted by atomic mass is 32.1. The zero-order valence-corrected chi connectivity index (χ0v) is 14.5. The molecule has 1 saturated heterocycles. The Morgan fingerprint density at radius 2 is 2.24 bits per heavy atom. The molecule has 2 aromatic heterocycles. The van der Waals surface area contributed by atoms with E-state index >= 15 is 0 Å². The summed E-state index contributed by atoms with van der Waals surface area (Å²) < 4.78 is 5.70. The summed E-state index contributed by atoms with van der Waals surface area (Å²) in [5.41, 5.74) is 1.78. The van der Waals surface area contributed by atoms with Crippen molar-refractivity contribution in [3.05, 3.63) is 47.2 Å². The van der Waals surface area contributed by atoms with Gasteiger partial charge in [0, 0.05) is 23.5 Å². The molecule has 6 nitrogen and oxygen atoms in total. The van der Waals surface area contributed by atoms with Crippen molar-refractivity contribution in [3.8, 4) is 0 Å². The molecule has 0 radical (unpaired) electrons. The van der Waals surface area contributed by atoms with Gasteiger partial charge in [-0.2, -0.15) is 0 Å². The molecule has 0 aliphatic carbocycles. The van der Waals surface area contributed by atoms with Gasteiger partial charge < -0.3 is 14.6 Å². The number of rotatable bonds is 3. The maximum absolute atomic E-state index is 12.9. The fourth-order valence-electron chi connectivity index (χ4n) is 3.17. The van der Waals surface area contributed by atoms with E-state index in [4.69, 9.17) is 4.42 Å². The predicted octanol–water partition coefficient (Wildman–Crippen LogP) is 3.44. The van der Waals surface area contributed by atoms with Gasteiger partial charge in [0.15, 0.2) is 10.9 Å². The van der Waals surface area contributed by atoms with Crippen molar-refractivity contribution in [2.45, 2.75) is 25.8 Å². The van der Waals surface area contributed by atoms with Crippen LogP contribution in [0.5, 0.6) is 0 Å². The second-order valence-corrected chi connectivity index (χ2v) is 7.03. The Morgan fingerprint density at radius 1 is 1.36 bits per heavy atom. The van der Waals surface area contributed by atoms with Gasteiger partial charge in [-0.25, -0.2) is 4.98 Å². The third-order valence-electron chi connectivity index (χ3n) is 4.36. The fraction of sp³-hybridized carbons (Fsp3) is 0.278. The minimum absolute atomic E-state index is 0.201. The summed E-state index contributed by atoms with van der Waals surface area (Å²) in [6.07, 6.45) is 3.07. The van der Waals surface area contributed by atoms with E-state index in [9.17, 15) is 9.59 Å². The molecule has 0 spiro atoms. The Bertz CT molecular complexity index is 932. The number of furan rings is 1. The lowest BCUT2D eigenvalue weighted by molar-refractivity contribution is -0.119. The van der Waals surface area contributed by atoms with Crippen LogP contribution in [-0.2, 0) is 4.79 Å². The molecule has 1 unspecified atom stereocenters. The Labute approximate surface area is 148 Å². The number of benzene rings is 1. The van der Waals surface area contributed by atoms with E-state index in [2.05, 4.69) is 10.3 Å². The van der Waals surface area contributed by atoms with Crippen LogP contribution in [-0.4, -0.2) is 34.3 Å². The number of carbonyl (C=O) groups excluding carboxylic acids is 2. The van der Waals surface area contributed by atoms with Gasteiger partial charge >= 0.3 is 0 Å². The van der Waals surface area contributed by atoms with Crippen LogP contribution in [0.2, 0.25) is 0 Å². The number of hydrogen-bond acceptors (Lipinski definition) is 5. The van der Waals surface area contributed by atoms with E-state index in [1.807, 2.05) is 25.1 Å². The summed E-state index contributed by atoms with van der Waals surface area (Å²) >= 11 is 1.36. The van der Waals surface area contributed by atoms with Crippen molar-refractivity contribution in [1.82, 2.24) is 9.88 Å². The molecule has 1 aliphatic rings. The molecule has 3 aromatic rings. The average Bonchev–Trinajstić information content (AvgIpc) is 3.33. The van der Waals surface area contributed by atoms with Crippen LogP contribution < -0.4 is 5.32 Å². The molecule has 25 heavy (non-hydrogen) atoms. The molecular weight excluding hydrogens is 338 g/mol. The summed E-state index contributed by atoms with van der Waals surface area (Å²) in [4.78, 5) is 31.0. The second-order valence-electron chi connectivity index (χ2n) is 6.14. The number of thiazole rings is 1. The van der Waals surface area contributed by atoms with Crippen LogP contribution in [0.25, 0.3) is 11.0 Å². The summed E-state index contributed by atoms with van der Waals surface area (Å²) in [7, 11) is 0. The van der Waals surface area contributed by atoms with Crippen molar-refractivity contribution in [3.63, 3.8) is 0 Å². The van der Waals surface area contributed by atoms with Gasteiger partial charge in [0.2, 0.25) is 5.91 Å². The molecule has 128 valence electrons. The van der Waals surface area contributed by atoms with Gasteiger partial charge in [-0.05, 0) is 38.0 Å². The van der Waals surface area contributed by atoms with Gasteiger partial charge in [0.05, 0.1) is 0 Å². The van der Waals surface area contributed by atoms with Crippen LogP contribution in [0.3, 0.4) is 0 Å². The summed E-state index contributed by atoms with van der Waals surface area (Å²) in [6.45, 7) is 2.54. The third-order valence-corrected chi connectivity index (χ3v) is 5.05. The molecule has 3 heterocycles. The number of aromatic nitrogens is 1. The van der Waals surface area contributed by atoms with E-state index < -0.39 is 6.04 Å². The molecule has 7 heteroatoms. The minimum atomic E-state index is -0.494. The Hall–Kier alpha value is -2.67. The van der Waals surface area contributed by atoms with Crippen molar-refractivity contribution >= 4 is 39.3 Å². The first-order valence-electron chi connectivity index (χ1n) is 8.13. The topological polar surface area (TPSA) is 75.4 Å². The predicted molar refractivity (Wildman–Crippen MR) is 95.8 cm³/mol. The van der Waals surface area contributed by atoms with Crippen molar-refractivity contribution in [2.24, 2.45) is 0 Å². The number of anilines is 1. The Kier molecular flexibility index (Phi) is 4.01. The smallest absolute Gasteiger partial charge is 0.290 e. The lowest BCUT2D eigenvalue weighted by Gasteiger charge is -2.22. The SMILES string of the molecule is Cc1ccc2oc(C(=O)N3CCCC3C(=O)Nc3nccs3)cc2c1. The van der Waals surface area contributed by atoms with E-state index in [-0.39, 0.29) is 17.6 Å². The van der Waals surface area contributed by atoms with E-state index in [1.165, 1.54) is 11.3 Å². The van der Waals surface area contributed by atoms with Crippen molar-refractivity contribution < 1.29 is 14.0 Å². The first-order valence-corrected chi connectivity index (χ1v) is 9.01. The van der Waals surface area contributed by atoms with Crippen molar-refractivity contribution in [1.29, 1.82) is 0 Å². The number of nitrogens with one attached hydrogen (secondary N) is 1. The molecule has 1 atom stereocenters. The largest absolute Gasteiger partial charge is 0.451 e. The first-order chi connectivity index (χ1) is 12.1. The lowest BCUT2D eigenvalue weighted by atomic mass is 10.2. The number of nitrogens with zero attached hydrogens (tertiary/aromatic N) is 2. The Balaban J connectivity index is 1.56. The number of aryl methyl sites for hydroxylation is 1. The summed E-state index contributed by atoms with van der Waals surface area (Å²) in [6, 6.07) is 7.04. The fourth-order valence-corrected chi connectivity index (χ4v) is 3.70. The molecular formula is C18H17N3O3S. The molecule has 2 amide bonds. The second kappa shape index (κ2) is 6.33. The van der Waals surface area contributed by atoms with Gasteiger partial charge in [-0.1, -0.05) is 11.6 Å². The average molecular weight is 355 g/mol. The third kappa shape index (κ3) is 3.02. The molecule has 1 aromatic carbocycles. The Morgan fingerprint density at radius 3 is 3.04 bits per heavy atom. The normalized spacial score (nSPS) is 17.2. The zero-order chi connectivity index (χ0) is 17.4.